The van der Waals surface area contributed by atoms with Gasteiger partial charge in [0, 0.05) is 38.8 Å². The second kappa shape index (κ2) is 7.86. The van der Waals surface area contributed by atoms with E-state index in [0.717, 1.165) is 17.0 Å². The molecule has 146 valence electrons. The Labute approximate surface area is 148 Å². The van der Waals surface area contributed by atoms with Crippen LogP contribution in [-0.2, 0) is 10.0 Å². The number of aryl methyl sites for hydroxylation is 1. The maximum atomic E-state index is 13.3. The van der Waals surface area contributed by atoms with Crippen LogP contribution >= 0.6 is 0 Å². The van der Waals surface area contributed by atoms with E-state index < -0.39 is 44.3 Å². The van der Waals surface area contributed by atoms with Crippen molar-refractivity contribution in [1.29, 1.82) is 0 Å². The molecule has 1 fully saturated rings. The van der Waals surface area contributed by atoms with Gasteiger partial charge in [-0.1, -0.05) is 6.07 Å². The van der Waals surface area contributed by atoms with Gasteiger partial charge in [-0.2, -0.15) is 13.2 Å². The summed E-state index contributed by atoms with van der Waals surface area (Å²) in [6.45, 7) is 1.59. The average molecular weight is 396 g/mol. The highest BCUT2D eigenvalue weighted by atomic mass is 32.2. The van der Waals surface area contributed by atoms with Crippen molar-refractivity contribution in [3.63, 3.8) is 0 Å². The van der Waals surface area contributed by atoms with Crippen molar-refractivity contribution in [2.45, 2.75) is 24.0 Å². The fourth-order valence-electron chi connectivity index (χ4n) is 2.71. The Morgan fingerprint density at radius 1 is 1.35 bits per heavy atom. The minimum atomic E-state index is -4.64. The van der Waals surface area contributed by atoms with E-state index in [4.69, 9.17) is 0 Å². The summed E-state index contributed by atoms with van der Waals surface area (Å²) in [5.74, 6) is 0. The lowest BCUT2D eigenvalue weighted by Gasteiger charge is -2.35. The molecule has 0 saturated carbocycles. The Morgan fingerprint density at radius 3 is 2.50 bits per heavy atom. The van der Waals surface area contributed by atoms with Gasteiger partial charge in [-0.05, 0) is 18.6 Å². The Kier molecular flexibility index (Phi) is 6.21. The molecular formula is C14H19F3N4O4S. The molecule has 0 amide bonds. The van der Waals surface area contributed by atoms with Crippen LogP contribution in [0.25, 0.3) is 0 Å². The second-order valence-electron chi connectivity index (χ2n) is 5.92. The molecule has 1 aliphatic rings. The summed E-state index contributed by atoms with van der Waals surface area (Å²) < 4.78 is 66.6. The molecule has 0 spiro atoms. The van der Waals surface area contributed by atoms with E-state index in [1.165, 1.54) is 6.07 Å². The van der Waals surface area contributed by atoms with Crippen LogP contribution in [0.4, 0.5) is 18.9 Å². The van der Waals surface area contributed by atoms with Crippen LogP contribution in [0.2, 0.25) is 0 Å². The lowest BCUT2D eigenvalue weighted by molar-refractivity contribution is -0.387. The number of hydrogen-bond acceptors (Lipinski definition) is 6. The molecule has 0 radical (unpaired) electrons. The highest BCUT2D eigenvalue weighted by molar-refractivity contribution is 7.89. The topological polar surface area (TPSA) is 105 Å². The molecule has 8 nitrogen and oxygen atoms in total. The number of nitro groups is 1. The molecule has 2 rings (SSSR count). The Hall–Kier alpha value is -1.76. The van der Waals surface area contributed by atoms with Crippen LogP contribution in [0.15, 0.2) is 23.1 Å². The standard InChI is InChI=1S/C14H19F3N4O4S/c1-10-2-3-12(11(8-10)21(22)23)26(24,25)19-9-13(14(15,16)17)20-6-4-18-5-7-20/h2-3,8,13,18-19H,4-7,9H2,1H3. The summed E-state index contributed by atoms with van der Waals surface area (Å²) in [4.78, 5) is 10.7. The molecule has 1 aromatic carbocycles. The van der Waals surface area contributed by atoms with E-state index in [1.807, 2.05) is 4.72 Å². The number of nitro benzene ring substituents is 1. The van der Waals surface area contributed by atoms with Crippen LogP contribution in [0, 0.1) is 17.0 Å². The van der Waals surface area contributed by atoms with Crippen LogP contribution in [0.1, 0.15) is 5.56 Å². The molecule has 1 atom stereocenters. The number of benzene rings is 1. The third-order valence-corrected chi connectivity index (χ3v) is 5.51. The third-order valence-electron chi connectivity index (χ3n) is 4.04. The van der Waals surface area contributed by atoms with Gasteiger partial charge in [0.25, 0.3) is 5.69 Å². The Bertz CT molecular complexity index is 764. The number of nitrogens with one attached hydrogen (secondary N) is 2. The number of nitrogens with zero attached hydrogens (tertiary/aromatic N) is 2. The molecule has 0 aromatic heterocycles. The molecule has 1 aliphatic heterocycles. The quantitative estimate of drug-likeness (QED) is 0.550. The lowest BCUT2D eigenvalue weighted by Crippen LogP contribution is -2.57. The van der Waals surface area contributed by atoms with E-state index in [9.17, 15) is 31.7 Å². The van der Waals surface area contributed by atoms with E-state index in [2.05, 4.69) is 5.32 Å². The first-order chi connectivity index (χ1) is 12.0. The van der Waals surface area contributed by atoms with Gasteiger partial charge in [-0.15, -0.1) is 0 Å². The SMILES string of the molecule is Cc1ccc(S(=O)(=O)NCC(N2CCNCC2)C(F)(F)F)c([N+](=O)[O-])c1. The molecule has 26 heavy (non-hydrogen) atoms. The first-order valence-corrected chi connectivity index (χ1v) is 9.27. The smallest absolute Gasteiger partial charge is 0.314 e. The zero-order valence-electron chi connectivity index (χ0n) is 13.9. The van der Waals surface area contributed by atoms with Gasteiger partial charge >= 0.3 is 6.18 Å². The summed E-state index contributed by atoms with van der Waals surface area (Å²) in [5, 5.41) is 14.0. The molecule has 1 aromatic rings. The highest BCUT2D eigenvalue weighted by Gasteiger charge is 2.44. The second-order valence-corrected chi connectivity index (χ2v) is 7.66. The maximum absolute atomic E-state index is 13.3. The molecule has 1 heterocycles. The summed E-state index contributed by atoms with van der Waals surface area (Å²) in [6, 6.07) is 1.41. The highest BCUT2D eigenvalue weighted by Crippen LogP contribution is 2.27. The Morgan fingerprint density at radius 2 is 1.96 bits per heavy atom. The summed E-state index contributed by atoms with van der Waals surface area (Å²) in [6.07, 6.45) is -4.64. The van der Waals surface area contributed by atoms with Crippen LogP contribution in [-0.4, -0.2) is 63.2 Å². The van der Waals surface area contributed by atoms with Crippen molar-refractivity contribution in [2.24, 2.45) is 0 Å². The van der Waals surface area contributed by atoms with Crippen LogP contribution in [0.3, 0.4) is 0 Å². The third kappa shape index (κ3) is 4.90. The van der Waals surface area contributed by atoms with Gasteiger partial charge < -0.3 is 5.32 Å². The monoisotopic (exact) mass is 396 g/mol. The number of sulfonamides is 1. The fourth-order valence-corrected chi connectivity index (χ4v) is 3.90. The van der Waals surface area contributed by atoms with E-state index >= 15 is 0 Å². The predicted octanol–water partition coefficient (Wildman–Crippen LogP) is 1.02. The zero-order chi connectivity index (χ0) is 19.5. The molecule has 0 bridgehead atoms. The molecule has 2 N–H and O–H groups in total. The van der Waals surface area contributed by atoms with Crippen molar-refractivity contribution < 1.29 is 26.5 Å². The van der Waals surface area contributed by atoms with Gasteiger partial charge in [0.1, 0.15) is 6.04 Å². The van der Waals surface area contributed by atoms with Crippen molar-refractivity contribution in [3.05, 3.63) is 33.9 Å². The molecule has 1 saturated heterocycles. The van der Waals surface area contributed by atoms with Crippen LogP contribution < -0.4 is 10.0 Å². The van der Waals surface area contributed by atoms with Crippen molar-refractivity contribution in [3.8, 4) is 0 Å². The molecular weight excluding hydrogens is 377 g/mol. The van der Waals surface area contributed by atoms with Gasteiger partial charge in [-0.25, -0.2) is 13.1 Å². The molecule has 1 unspecified atom stereocenters. The van der Waals surface area contributed by atoms with E-state index in [-0.39, 0.29) is 13.1 Å². The number of rotatable bonds is 6. The number of hydrogen-bond donors (Lipinski definition) is 2. The number of halogens is 3. The normalized spacial score (nSPS) is 17.8. The fraction of sp³-hybridized carbons (Fsp3) is 0.571. The number of piperazine rings is 1. The summed E-state index contributed by atoms with van der Waals surface area (Å²) in [5.41, 5.74) is -0.215. The first-order valence-electron chi connectivity index (χ1n) is 7.78. The van der Waals surface area contributed by atoms with Gasteiger partial charge in [0.05, 0.1) is 4.92 Å². The first kappa shape index (κ1) is 20.6. The van der Waals surface area contributed by atoms with Gasteiger partial charge in [-0.3, -0.25) is 15.0 Å². The largest absolute Gasteiger partial charge is 0.405 e. The summed E-state index contributed by atoms with van der Waals surface area (Å²) >= 11 is 0. The van der Waals surface area contributed by atoms with E-state index in [1.54, 1.807) is 6.92 Å². The zero-order valence-corrected chi connectivity index (χ0v) is 14.7. The summed E-state index contributed by atoms with van der Waals surface area (Å²) in [7, 11) is -4.48. The van der Waals surface area contributed by atoms with Crippen molar-refractivity contribution >= 4 is 15.7 Å². The van der Waals surface area contributed by atoms with Crippen LogP contribution in [0.5, 0.6) is 0 Å². The van der Waals surface area contributed by atoms with Gasteiger partial charge in [0.15, 0.2) is 4.90 Å². The van der Waals surface area contributed by atoms with E-state index in [0.29, 0.717) is 18.7 Å². The lowest BCUT2D eigenvalue weighted by atomic mass is 10.2. The minimum Gasteiger partial charge on any atom is -0.314 e. The molecule has 0 aliphatic carbocycles. The maximum Gasteiger partial charge on any atom is 0.405 e. The van der Waals surface area contributed by atoms with Crippen molar-refractivity contribution in [1.82, 2.24) is 14.9 Å². The predicted molar refractivity (Wildman–Crippen MR) is 87.3 cm³/mol. The minimum absolute atomic E-state index is 0.122. The number of alkyl halides is 3. The van der Waals surface area contributed by atoms with Crippen molar-refractivity contribution in [2.75, 3.05) is 32.7 Å². The van der Waals surface area contributed by atoms with Gasteiger partial charge in [0.2, 0.25) is 10.0 Å². The Balaban J connectivity index is 2.24. The molecule has 12 heteroatoms. The average Bonchev–Trinajstić information content (AvgIpc) is 2.54.